The molecule has 0 aliphatic heterocycles. The molecule has 3 aromatic rings. The van der Waals surface area contributed by atoms with Crippen LogP contribution >= 0.6 is 11.8 Å². The number of nitrogens with zero attached hydrogens (tertiary/aromatic N) is 3. The van der Waals surface area contributed by atoms with Crippen molar-refractivity contribution in [1.29, 1.82) is 0 Å². The van der Waals surface area contributed by atoms with Gasteiger partial charge in [-0.2, -0.15) is 4.68 Å². The summed E-state index contributed by atoms with van der Waals surface area (Å²) >= 11 is 1.41. The van der Waals surface area contributed by atoms with E-state index in [0.29, 0.717) is 5.09 Å². The van der Waals surface area contributed by atoms with E-state index in [1.54, 1.807) is 13.2 Å². The lowest BCUT2D eigenvalue weighted by Gasteiger charge is -2.05. The highest BCUT2D eigenvalue weighted by molar-refractivity contribution is 7.99. The molecule has 0 saturated heterocycles. The van der Waals surface area contributed by atoms with Crippen LogP contribution in [0, 0.1) is 0 Å². The van der Waals surface area contributed by atoms with Gasteiger partial charge in [0.15, 0.2) is 10.9 Å². The summed E-state index contributed by atoms with van der Waals surface area (Å²) in [4.78, 5) is 0.922. The Balaban J connectivity index is 1.73. The van der Waals surface area contributed by atoms with Crippen molar-refractivity contribution in [3.05, 3.63) is 60.3 Å². The highest BCUT2D eigenvalue weighted by Crippen LogP contribution is 2.35. The first kappa shape index (κ1) is 16.0. The Morgan fingerprint density at radius 3 is 2.92 bits per heavy atom. The van der Waals surface area contributed by atoms with E-state index in [9.17, 15) is 10.2 Å². The van der Waals surface area contributed by atoms with Gasteiger partial charge in [-0.15, -0.1) is 5.10 Å². The predicted octanol–water partition coefficient (Wildman–Crippen LogP) is 3.52. The molecule has 0 unspecified atom stereocenters. The van der Waals surface area contributed by atoms with Gasteiger partial charge in [-0.05, 0) is 35.5 Å². The molecular weight excluding hydrogens is 330 g/mol. The molecule has 24 heavy (non-hydrogen) atoms. The number of aromatic nitrogens is 3. The maximum atomic E-state index is 10.00. The number of rotatable bonds is 6. The van der Waals surface area contributed by atoms with Crippen LogP contribution in [0.4, 0.5) is 0 Å². The molecule has 2 aromatic heterocycles. The quantitative estimate of drug-likeness (QED) is 0.660. The van der Waals surface area contributed by atoms with Crippen LogP contribution < -0.4 is 4.74 Å². The molecule has 0 spiro atoms. The number of ether oxygens (including phenoxy) is 1. The molecule has 3 rings (SSSR count). The second kappa shape index (κ2) is 7.14. The maximum absolute atomic E-state index is 10.00. The van der Waals surface area contributed by atoms with Crippen molar-refractivity contribution in [3.8, 4) is 5.75 Å². The molecule has 0 aliphatic rings. The number of allylic oxidation sites excluding steroid dienone is 1. The van der Waals surface area contributed by atoms with E-state index in [1.165, 1.54) is 30.4 Å². The standard InChI is InChI=1S/C16H15N3O4S/c1-22-13-4-2-3-5-14(13)24-15-9-11(10-23-15)8-12(20)16(21)19-7-6-17-18-19/h2-7,9-10,20-21H,8H2,1H3. The number of methoxy groups -OCH3 is 1. The van der Waals surface area contributed by atoms with Gasteiger partial charge < -0.3 is 19.4 Å². The van der Waals surface area contributed by atoms with E-state index in [-0.39, 0.29) is 18.1 Å². The number of hydrogen-bond donors (Lipinski definition) is 2. The largest absolute Gasteiger partial charge is 0.507 e. The summed E-state index contributed by atoms with van der Waals surface area (Å²) in [7, 11) is 1.61. The highest BCUT2D eigenvalue weighted by Gasteiger charge is 2.12. The molecule has 7 nitrogen and oxygen atoms in total. The molecule has 0 amide bonds. The summed E-state index contributed by atoms with van der Waals surface area (Å²) in [5.41, 5.74) is 0.719. The monoisotopic (exact) mass is 345 g/mol. The molecule has 0 atom stereocenters. The van der Waals surface area contributed by atoms with Crippen LogP contribution in [0.3, 0.4) is 0 Å². The Labute approximate surface area is 142 Å². The van der Waals surface area contributed by atoms with Crippen LogP contribution in [0.25, 0.3) is 5.88 Å². The van der Waals surface area contributed by atoms with Gasteiger partial charge in [-0.1, -0.05) is 17.3 Å². The summed E-state index contributed by atoms with van der Waals surface area (Å²) in [5.74, 6) is 0.162. The minimum Gasteiger partial charge on any atom is -0.507 e. The minimum absolute atomic E-state index is 0.113. The third-order valence-electron chi connectivity index (χ3n) is 3.18. The third kappa shape index (κ3) is 3.54. The Hall–Kier alpha value is -2.87. The van der Waals surface area contributed by atoms with Crippen molar-refractivity contribution in [2.24, 2.45) is 0 Å². The molecule has 124 valence electrons. The second-order valence-corrected chi connectivity index (χ2v) is 5.87. The van der Waals surface area contributed by atoms with E-state index in [1.807, 2.05) is 24.3 Å². The number of furan rings is 1. The highest BCUT2D eigenvalue weighted by atomic mass is 32.2. The van der Waals surface area contributed by atoms with Crippen molar-refractivity contribution in [3.63, 3.8) is 0 Å². The molecule has 0 bridgehead atoms. The Morgan fingerprint density at radius 2 is 2.17 bits per heavy atom. The average Bonchev–Trinajstić information content (AvgIpc) is 3.27. The van der Waals surface area contributed by atoms with Crippen LogP contribution in [0.15, 0.2) is 69.2 Å². The third-order valence-corrected chi connectivity index (χ3v) is 4.15. The van der Waals surface area contributed by atoms with Gasteiger partial charge in [-0.3, -0.25) is 0 Å². The van der Waals surface area contributed by atoms with Gasteiger partial charge in [-0.25, -0.2) is 0 Å². The lowest BCUT2D eigenvalue weighted by molar-refractivity contribution is 0.348. The first-order valence-corrected chi connectivity index (χ1v) is 7.85. The minimum atomic E-state index is -0.368. The van der Waals surface area contributed by atoms with Gasteiger partial charge in [0, 0.05) is 6.42 Å². The molecule has 8 heteroatoms. The fraction of sp³-hybridized carbons (Fsp3) is 0.125. The molecule has 2 N–H and O–H groups in total. The Kier molecular flexibility index (Phi) is 4.76. The summed E-state index contributed by atoms with van der Waals surface area (Å²) in [6.45, 7) is 0. The lowest BCUT2D eigenvalue weighted by atomic mass is 10.2. The predicted molar refractivity (Wildman–Crippen MR) is 88.0 cm³/mol. The zero-order chi connectivity index (χ0) is 16.9. The topological polar surface area (TPSA) is 93.5 Å². The first-order chi connectivity index (χ1) is 11.7. The van der Waals surface area contributed by atoms with E-state index >= 15 is 0 Å². The number of aliphatic hydroxyl groups is 2. The van der Waals surface area contributed by atoms with Gasteiger partial charge in [0.05, 0.1) is 30.7 Å². The first-order valence-electron chi connectivity index (χ1n) is 7.03. The van der Waals surface area contributed by atoms with Crippen molar-refractivity contribution in [2.75, 3.05) is 7.11 Å². The fourth-order valence-corrected chi connectivity index (χ4v) is 2.96. The van der Waals surface area contributed by atoms with Crippen molar-refractivity contribution in [1.82, 2.24) is 15.0 Å². The summed E-state index contributed by atoms with van der Waals surface area (Å²) in [6, 6.07) is 9.41. The van der Waals surface area contributed by atoms with Crippen LogP contribution in [0.2, 0.25) is 0 Å². The SMILES string of the molecule is COc1ccccc1Sc1cc(CC(O)=C(O)n2ccnn2)co1. The zero-order valence-corrected chi connectivity index (χ0v) is 13.6. The van der Waals surface area contributed by atoms with Crippen LogP contribution in [-0.2, 0) is 6.42 Å². The zero-order valence-electron chi connectivity index (χ0n) is 12.8. The van der Waals surface area contributed by atoms with E-state index < -0.39 is 0 Å². The molecular formula is C16H15N3O4S. The van der Waals surface area contributed by atoms with E-state index in [4.69, 9.17) is 9.15 Å². The van der Waals surface area contributed by atoms with Crippen LogP contribution in [0.1, 0.15) is 5.56 Å². The molecule has 2 heterocycles. The maximum Gasteiger partial charge on any atom is 0.252 e. The van der Waals surface area contributed by atoms with Crippen LogP contribution in [-0.4, -0.2) is 32.3 Å². The van der Waals surface area contributed by atoms with Crippen molar-refractivity contribution < 1.29 is 19.4 Å². The van der Waals surface area contributed by atoms with Crippen LogP contribution in [0.5, 0.6) is 5.75 Å². The normalized spacial score (nSPS) is 12.0. The molecule has 1 aromatic carbocycles. The molecule has 0 radical (unpaired) electrons. The van der Waals surface area contributed by atoms with Gasteiger partial charge in [0.2, 0.25) is 0 Å². The summed E-state index contributed by atoms with van der Waals surface area (Å²) in [6.07, 6.45) is 4.48. The van der Waals surface area contributed by atoms with E-state index in [0.717, 1.165) is 20.9 Å². The van der Waals surface area contributed by atoms with Crippen molar-refractivity contribution in [2.45, 2.75) is 16.4 Å². The molecule has 0 fully saturated rings. The Bertz CT molecular complexity index is 843. The van der Waals surface area contributed by atoms with Crippen molar-refractivity contribution >= 4 is 17.6 Å². The number of hydrogen-bond acceptors (Lipinski definition) is 7. The molecule has 0 aliphatic carbocycles. The fourth-order valence-electron chi connectivity index (χ4n) is 2.04. The molecule has 0 saturated carbocycles. The summed E-state index contributed by atoms with van der Waals surface area (Å²) in [5, 5.41) is 27.7. The number of aliphatic hydroxyl groups excluding tert-OH is 2. The lowest BCUT2D eigenvalue weighted by Crippen LogP contribution is -2.03. The van der Waals surface area contributed by atoms with E-state index in [2.05, 4.69) is 10.3 Å². The Morgan fingerprint density at radius 1 is 1.33 bits per heavy atom. The number of benzene rings is 1. The average molecular weight is 345 g/mol. The van der Waals surface area contributed by atoms with Gasteiger partial charge >= 0.3 is 0 Å². The summed E-state index contributed by atoms with van der Waals surface area (Å²) < 4.78 is 11.9. The van der Waals surface area contributed by atoms with Gasteiger partial charge in [0.1, 0.15) is 5.75 Å². The number of para-hydroxylation sites is 1. The second-order valence-electron chi connectivity index (χ2n) is 4.82. The van der Waals surface area contributed by atoms with Gasteiger partial charge in [0.25, 0.3) is 5.88 Å². The smallest absolute Gasteiger partial charge is 0.252 e.